The van der Waals surface area contributed by atoms with E-state index in [4.69, 9.17) is 10.7 Å². The summed E-state index contributed by atoms with van der Waals surface area (Å²) in [6, 6.07) is 5.63. The molecule has 0 spiro atoms. The second-order valence-electron chi connectivity index (χ2n) is 5.00. The van der Waals surface area contributed by atoms with Crippen LogP contribution in [0.4, 0.5) is 5.95 Å². The van der Waals surface area contributed by atoms with Gasteiger partial charge in [-0.3, -0.25) is 9.69 Å². The van der Waals surface area contributed by atoms with Gasteiger partial charge in [-0.2, -0.15) is 0 Å². The first-order valence-corrected chi connectivity index (χ1v) is 9.88. The maximum Gasteiger partial charge on any atom is 0.232 e. The second-order valence-corrected chi connectivity index (χ2v) is 8.77. The Morgan fingerprint density at radius 1 is 1.41 bits per heavy atom. The van der Waals surface area contributed by atoms with Crippen LogP contribution in [0.15, 0.2) is 29.8 Å². The Morgan fingerprint density at radius 2 is 2.23 bits per heavy atom. The summed E-state index contributed by atoms with van der Waals surface area (Å²) in [6.07, 6.45) is 1.73. The summed E-state index contributed by atoms with van der Waals surface area (Å²) in [5, 5.41) is 1.94. The number of hydrogen-bond acceptors (Lipinski definition) is 6. The fourth-order valence-corrected chi connectivity index (χ4v) is 4.42. The summed E-state index contributed by atoms with van der Waals surface area (Å²) in [7, 11) is 1.63. The lowest BCUT2D eigenvalue weighted by Crippen LogP contribution is -2.27. The van der Waals surface area contributed by atoms with Crippen LogP contribution in [0.25, 0.3) is 10.6 Å². The Kier molecular flexibility index (Phi) is 4.16. The van der Waals surface area contributed by atoms with Gasteiger partial charge in [0.05, 0.1) is 16.3 Å². The molecule has 0 radical (unpaired) electrons. The number of carbonyl (C=O) groups is 1. The van der Waals surface area contributed by atoms with Crippen molar-refractivity contribution in [3.05, 3.63) is 29.8 Å². The predicted octanol–water partition coefficient (Wildman–Crippen LogP) is 2.13. The quantitative estimate of drug-likeness (QED) is 0.783. The summed E-state index contributed by atoms with van der Waals surface area (Å²) >= 11 is 1.55. The SMILES string of the molecule is O=C1CC(CS(=O)(=O)Cl)CN1c1nccc(-c2cccs2)n1. The van der Waals surface area contributed by atoms with Crippen LogP contribution in [-0.4, -0.2) is 36.6 Å². The molecule has 1 unspecified atom stereocenters. The van der Waals surface area contributed by atoms with Crippen molar-refractivity contribution in [1.29, 1.82) is 0 Å². The molecule has 116 valence electrons. The molecule has 1 saturated heterocycles. The van der Waals surface area contributed by atoms with Gasteiger partial charge >= 0.3 is 0 Å². The fourth-order valence-electron chi connectivity index (χ4n) is 2.41. The molecule has 2 aromatic rings. The molecule has 1 fully saturated rings. The van der Waals surface area contributed by atoms with E-state index in [9.17, 15) is 13.2 Å². The Hall–Kier alpha value is -1.51. The van der Waals surface area contributed by atoms with E-state index in [1.165, 1.54) is 4.90 Å². The van der Waals surface area contributed by atoms with Crippen molar-refractivity contribution >= 4 is 42.9 Å². The van der Waals surface area contributed by atoms with Crippen molar-refractivity contribution in [2.45, 2.75) is 6.42 Å². The Labute approximate surface area is 136 Å². The van der Waals surface area contributed by atoms with Gasteiger partial charge in [-0.15, -0.1) is 11.3 Å². The highest BCUT2D eigenvalue weighted by molar-refractivity contribution is 8.13. The summed E-state index contributed by atoms with van der Waals surface area (Å²) in [4.78, 5) is 23.0. The Morgan fingerprint density at radius 3 is 2.91 bits per heavy atom. The molecule has 3 heterocycles. The molecule has 1 aliphatic rings. The first-order chi connectivity index (χ1) is 10.4. The third kappa shape index (κ3) is 3.45. The average Bonchev–Trinajstić information content (AvgIpc) is 3.07. The van der Waals surface area contributed by atoms with E-state index in [-0.39, 0.29) is 30.5 Å². The second kappa shape index (κ2) is 5.94. The minimum absolute atomic E-state index is 0.137. The van der Waals surface area contributed by atoms with Crippen molar-refractivity contribution in [3.8, 4) is 10.6 Å². The largest absolute Gasteiger partial charge is 0.280 e. The average molecular weight is 358 g/mol. The van der Waals surface area contributed by atoms with E-state index in [1.54, 1.807) is 23.6 Å². The number of aromatic nitrogens is 2. The van der Waals surface area contributed by atoms with Gasteiger partial charge in [-0.25, -0.2) is 18.4 Å². The van der Waals surface area contributed by atoms with Crippen LogP contribution in [0.2, 0.25) is 0 Å². The molecule has 0 aliphatic carbocycles. The van der Waals surface area contributed by atoms with Crippen LogP contribution in [0, 0.1) is 5.92 Å². The maximum atomic E-state index is 12.1. The molecule has 0 N–H and O–H groups in total. The number of nitrogens with zero attached hydrogens (tertiary/aromatic N) is 3. The van der Waals surface area contributed by atoms with Gasteiger partial charge < -0.3 is 0 Å². The van der Waals surface area contributed by atoms with Gasteiger partial charge in [0, 0.05) is 35.8 Å². The molecule has 0 saturated carbocycles. The van der Waals surface area contributed by atoms with Gasteiger partial charge in [-0.05, 0) is 17.5 Å². The third-order valence-corrected chi connectivity index (χ3v) is 5.44. The number of halogens is 1. The summed E-state index contributed by atoms with van der Waals surface area (Å²) in [5.41, 5.74) is 0.737. The lowest BCUT2D eigenvalue weighted by molar-refractivity contribution is -0.117. The molecule has 22 heavy (non-hydrogen) atoms. The molecule has 1 aliphatic heterocycles. The maximum absolute atomic E-state index is 12.1. The highest BCUT2D eigenvalue weighted by Gasteiger charge is 2.34. The summed E-state index contributed by atoms with van der Waals surface area (Å²) < 4.78 is 22.3. The van der Waals surface area contributed by atoms with E-state index >= 15 is 0 Å². The zero-order valence-electron chi connectivity index (χ0n) is 11.3. The molecule has 9 heteroatoms. The minimum atomic E-state index is -3.63. The van der Waals surface area contributed by atoms with Crippen LogP contribution >= 0.6 is 22.0 Å². The minimum Gasteiger partial charge on any atom is -0.280 e. The number of hydrogen-bond donors (Lipinski definition) is 0. The molecular weight excluding hydrogens is 346 g/mol. The van der Waals surface area contributed by atoms with Crippen LogP contribution in [0.1, 0.15) is 6.42 Å². The van der Waals surface area contributed by atoms with Crippen molar-refractivity contribution in [1.82, 2.24) is 9.97 Å². The van der Waals surface area contributed by atoms with E-state index in [1.807, 2.05) is 17.5 Å². The molecule has 3 rings (SSSR count). The van der Waals surface area contributed by atoms with E-state index < -0.39 is 9.05 Å². The topological polar surface area (TPSA) is 80.2 Å². The van der Waals surface area contributed by atoms with Crippen LogP contribution in [0.5, 0.6) is 0 Å². The smallest absolute Gasteiger partial charge is 0.232 e. The van der Waals surface area contributed by atoms with Crippen molar-refractivity contribution in [2.24, 2.45) is 5.92 Å². The van der Waals surface area contributed by atoms with Crippen molar-refractivity contribution in [3.63, 3.8) is 0 Å². The Bertz CT molecular complexity index is 793. The van der Waals surface area contributed by atoms with E-state index in [0.717, 1.165) is 10.6 Å². The third-order valence-electron chi connectivity index (χ3n) is 3.30. The highest BCUT2D eigenvalue weighted by Crippen LogP contribution is 2.27. The highest BCUT2D eigenvalue weighted by atomic mass is 35.7. The molecule has 0 aromatic carbocycles. The van der Waals surface area contributed by atoms with Crippen LogP contribution in [0.3, 0.4) is 0 Å². The van der Waals surface area contributed by atoms with Gasteiger partial charge in [0.25, 0.3) is 0 Å². The molecule has 1 amide bonds. The molecule has 6 nitrogen and oxygen atoms in total. The Balaban J connectivity index is 1.83. The van der Waals surface area contributed by atoms with Crippen molar-refractivity contribution in [2.75, 3.05) is 17.2 Å². The lowest BCUT2D eigenvalue weighted by Gasteiger charge is -2.14. The summed E-state index contributed by atoms with van der Waals surface area (Å²) in [6.45, 7) is 0.263. The normalized spacial score (nSPS) is 18.9. The monoisotopic (exact) mass is 357 g/mol. The molecular formula is C13H12ClN3O3S2. The van der Waals surface area contributed by atoms with Gasteiger partial charge in [0.1, 0.15) is 0 Å². The molecule has 1 atom stereocenters. The standard InChI is InChI=1S/C13H12ClN3O3S2/c14-22(19,20)8-9-6-12(18)17(7-9)13-15-4-3-10(16-13)11-2-1-5-21-11/h1-5,9H,6-8H2. The zero-order valence-corrected chi connectivity index (χ0v) is 13.7. The predicted molar refractivity (Wildman–Crippen MR) is 85.4 cm³/mol. The first kappa shape index (κ1) is 15.4. The first-order valence-electron chi connectivity index (χ1n) is 6.52. The fraction of sp³-hybridized carbons (Fsp3) is 0.308. The van der Waals surface area contributed by atoms with Gasteiger partial charge in [0.2, 0.25) is 20.9 Å². The number of rotatable bonds is 4. The molecule has 2 aromatic heterocycles. The number of anilines is 1. The van der Waals surface area contributed by atoms with E-state index in [2.05, 4.69) is 9.97 Å². The number of thiophene rings is 1. The van der Waals surface area contributed by atoms with Gasteiger partial charge in [-0.1, -0.05) is 6.07 Å². The number of carbonyl (C=O) groups excluding carboxylic acids is 1. The number of amides is 1. The summed E-state index contributed by atoms with van der Waals surface area (Å²) in [5.74, 6) is -0.440. The molecule has 0 bridgehead atoms. The van der Waals surface area contributed by atoms with Crippen molar-refractivity contribution < 1.29 is 13.2 Å². The lowest BCUT2D eigenvalue weighted by atomic mass is 10.1. The zero-order chi connectivity index (χ0) is 15.7. The van der Waals surface area contributed by atoms with Crippen LogP contribution < -0.4 is 4.90 Å². The van der Waals surface area contributed by atoms with E-state index in [0.29, 0.717) is 5.95 Å². The van der Waals surface area contributed by atoms with Crippen LogP contribution in [-0.2, 0) is 13.8 Å². The van der Waals surface area contributed by atoms with Gasteiger partial charge in [0.15, 0.2) is 0 Å².